The highest BCUT2D eigenvalue weighted by atomic mass is 16.1. The van der Waals surface area contributed by atoms with Crippen molar-refractivity contribution in [2.75, 3.05) is 20.1 Å². The monoisotopic (exact) mass is 171 g/mol. The van der Waals surface area contributed by atoms with Gasteiger partial charge in [-0.2, -0.15) is 0 Å². The molecule has 0 spiro atoms. The number of likely N-dealkylation sites (tertiary alicyclic amines) is 1. The van der Waals surface area contributed by atoms with Gasteiger partial charge in [0.2, 0.25) is 5.91 Å². The van der Waals surface area contributed by atoms with Crippen LogP contribution in [0, 0.1) is 0 Å². The lowest BCUT2D eigenvalue weighted by Crippen LogP contribution is -2.57. The first-order chi connectivity index (χ1) is 5.58. The summed E-state index contributed by atoms with van der Waals surface area (Å²) in [6, 6.07) is 0.309. The molecule has 4 heteroatoms. The fourth-order valence-electron chi connectivity index (χ4n) is 1.37. The van der Waals surface area contributed by atoms with E-state index in [4.69, 9.17) is 5.73 Å². The molecule has 4 nitrogen and oxygen atoms in total. The summed E-state index contributed by atoms with van der Waals surface area (Å²) < 4.78 is 0. The molecule has 0 bridgehead atoms. The summed E-state index contributed by atoms with van der Waals surface area (Å²) >= 11 is 0. The second-order valence-corrected chi connectivity index (χ2v) is 3.67. The Morgan fingerprint density at radius 3 is 2.75 bits per heavy atom. The predicted molar refractivity (Wildman–Crippen MR) is 47.7 cm³/mol. The number of hydrogen-bond donors (Lipinski definition) is 2. The maximum atomic E-state index is 11.2. The molecule has 1 fully saturated rings. The molecule has 1 rings (SSSR count). The van der Waals surface area contributed by atoms with Crippen LogP contribution in [0.15, 0.2) is 0 Å². The smallest absolute Gasteiger partial charge is 0.221 e. The summed E-state index contributed by atoms with van der Waals surface area (Å²) in [4.78, 5) is 13.3. The Balaban J connectivity index is 2.11. The van der Waals surface area contributed by atoms with Gasteiger partial charge in [-0.1, -0.05) is 0 Å². The van der Waals surface area contributed by atoms with Crippen molar-refractivity contribution in [1.82, 2.24) is 10.2 Å². The Hall–Kier alpha value is -0.610. The van der Waals surface area contributed by atoms with Crippen LogP contribution < -0.4 is 11.1 Å². The zero-order valence-electron chi connectivity index (χ0n) is 7.71. The van der Waals surface area contributed by atoms with E-state index in [1.54, 1.807) is 0 Å². The average Bonchev–Trinajstić information content (AvgIpc) is 1.82. The third-order valence-corrected chi connectivity index (χ3v) is 1.94. The Labute approximate surface area is 73.1 Å². The topological polar surface area (TPSA) is 58.4 Å². The van der Waals surface area contributed by atoms with Crippen LogP contribution in [-0.2, 0) is 4.79 Å². The molecule has 3 N–H and O–H groups in total. The van der Waals surface area contributed by atoms with Crippen molar-refractivity contribution in [3.63, 3.8) is 0 Å². The van der Waals surface area contributed by atoms with Gasteiger partial charge in [0.1, 0.15) is 0 Å². The first-order valence-electron chi connectivity index (χ1n) is 4.31. The molecule has 1 aliphatic heterocycles. The Bertz CT molecular complexity index is 164. The fourth-order valence-corrected chi connectivity index (χ4v) is 1.37. The first kappa shape index (κ1) is 9.48. The third kappa shape index (κ3) is 2.79. The Morgan fingerprint density at radius 2 is 2.33 bits per heavy atom. The van der Waals surface area contributed by atoms with Crippen molar-refractivity contribution < 1.29 is 4.79 Å². The van der Waals surface area contributed by atoms with E-state index in [1.165, 1.54) is 0 Å². The van der Waals surface area contributed by atoms with Gasteiger partial charge in [-0.25, -0.2) is 0 Å². The van der Waals surface area contributed by atoms with Crippen molar-refractivity contribution in [1.29, 1.82) is 0 Å². The van der Waals surface area contributed by atoms with Crippen LogP contribution in [0.25, 0.3) is 0 Å². The van der Waals surface area contributed by atoms with Gasteiger partial charge in [-0.05, 0) is 14.0 Å². The minimum Gasteiger partial charge on any atom is -0.351 e. The number of rotatable bonds is 3. The molecule has 1 unspecified atom stereocenters. The van der Waals surface area contributed by atoms with Crippen LogP contribution in [0.5, 0.6) is 0 Å². The molecular formula is C8H17N3O. The summed E-state index contributed by atoms with van der Waals surface area (Å²) in [7, 11) is 2.04. The van der Waals surface area contributed by atoms with Crippen LogP contribution >= 0.6 is 0 Å². The summed E-state index contributed by atoms with van der Waals surface area (Å²) in [6.07, 6.45) is 0.431. The van der Waals surface area contributed by atoms with E-state index in [0.717, 1.165) is 13.1 Å². The van der Waals surface area contributed by atoms with Gasteiger partial charge >= 0.3 is 0 Å². The minimum absolute atomic E-state index is 0.0391. The van der Waals surface area contributed by atoms with Crippen LogP contribution in [0.4, 0.5) is 0 Å². The highest BCUT2D eigenvalue weighted by molar-refractivity contribution is 5.76. The number of nitrogens with one attached hydrogen (secondary N) is 1. The van der Waals surface area contributed by atoms with Crippen molar-refractivity contribution in [2.24, 2.45) is 5.73 Å². The molecule has 0 aromatic rings. The van der Waals surface area contributed by atoms with Gasteiger partial charge in [0.05, 0.1) is 6.04 Å². The molecule has 1 saturated heterocycles. The van der Waals surface area contributed by atoms with Crippen LogP contribution in [0.3, 0.4) is 0 Å². The normalized spacial score (nSPS) is 21.6. The van der Waals surface area contributed by atoms with Gasteiger partial charge in [0.15, 0.2) is 0 Å². The average molecular weight is 171 g/mol. The summed E-state index contributed by atoms with van der Waals surface area (Å²) in [5.74, 6) is 0.0723. The highest BCUT2D eigenvalue weighted by Gasteiger charge is 2.24. The van der Waals surface area contributed by atoms with Gasteiger partial charge in [-0.15, -0.1) is 0 Å². The fraction of sp³-hybridized carbons (Fsp3) is 0.875. The molecule has 70 valence electrons. The van der Waals surface area contributed by atoms with E-state index in [2.05, 4.69) is 10.2 Å². The van der Waals surface area contributed by atoms with Crippen molar-refractivity contribution in [3.05, 3.63) is 0 Å². The summed E-state index contributed by atoms with van der Waals surface area (Å²) in [6.45, 7) is 3.77. The second-order valence-electron chi connectivity index (χ2n) is 3.67. The lowest BCUT2D eigenvalue weighted by Gasteiger charge is -2.36. The SMILES string of the molecule is CC(N)CC(=O)NC1CN(C)C1. The van der Waals surface area contributed by atoms with E-state index in [9.17, 15) is 4.79 Å². The highest BCUT2D eigenvalue weighted by Crippen LogP contribution is 2.03. The van der Waals surface area contributed by atoms with Crippen molar-refractivity contribution in [2.45, 2.75) is 25.4 Å². The Morgan fingerprint density at radius 1 is 1.75 bits per heavy atom. The molecule has 12 heavy (non-hydrogen) atoms. The third-order valence-electron chi connectivity index (χ3n) is 1.94. The molecule has 0 radical (unpaired) electrons. The van der Waals surface area contributed by atoms with Crippen LogP contribution in [-0.4, -0.2) is 43.0 Å². The van der Waals surface area contributed by atoms with E-state index in [0.29, 0.717) is 12.5 Å². The van der Waals surface area contributed by atoms with Gasteiger partial charge < -0.3 is 16.0 Å². The predicted octanol–water partition coefficient (Wildman–Crippen LogP) is -0.846. The molecule has 1 aliphatic rings. The Kier molecular flexibility index (Phi) is 3.05. The molecule has 0 aromatic carbocycles. The number of amides is 1. The summed E-state index contributed by atoms with van der Waals surface area (Å²) in [5.41, 5.74) is 5.48. The van der Waals surface area contributed by atoms with Gasteiger partial charge in [-0.3, -0.25) is 4.79 Å². The molecule has 1 atom stereocenters. The number of carbonyl (C=O) groups excluding carboxylic acids is 1. The van der Waals surface area contributed by atoms with E-state index >= 15 is 0 Å². The molecule has 0 saturated carbocycles. The number of nitrogens with two attached hydrogens (primary N) is 1. The minimum atomic E-state index is -0.0391. The molecular weight excluding hydrogens is 154 g/mol. The molecule has 1 amide bonds. The van der Waals surface area contributed by atoms with E-state index < -0.39 is 0 Å². The molecule has 0 aromatic heterocycles. The van der Waals surface area contributed by atoms with Gasteiger partial charge in [0, 0.05) is 25.6 Å². The maximum absolute atomic E-state index is 11.2. The van der Waals surface area contributed by atoms with Gasteiger partial charge in [0.25, 0.3) is 0 Å². The van der Waals surface area contributed by atoms with Crippen molar-refractivity contribution in [3.8, 4) is 0 Å². The van der Waals surface area contributed by atoms with Crippen LogP contribution in [0.2, 0.25) is 0 Å². The lowest BCUT2D eigenvalue weighted by molar-refractivity contribution is -0.123. The number of likely N-dealkylation sites (N-methyl/N-ethyl adjacent to an activating group) is 1. The molecule has 1 heterocycles. The molecule has 0 aliphatic carbocycles. The quantitative estimate of drug-likeness (QED) is 0.582. The first-order valence-corrected chi connectivity index (χ1v) is 4.31. The number of nitrogens with zero attached hydrogens (tertiary/aromatic N) is 1. The lowest BCUT2D eigenvalue weighted by atomic mass is 10.1. The zero-order chi connectivity index (χ0) is 9.14. The van der Waals surface area contributed by atoms with Crippen molar-refractivity contribution >= 4 is 5.91 Å². The standard InChI is InChI=1S/C8H17N3O/c1-6(9)3-8(12)10-7-4-11(2)5-7/h6-7H,3-5,9H2,1-2H3,(H,10,12). The largest absolute Gasteiger partial charge is 0.351 e. The summed E-state index contributed by atoms with van der Waals surface area (Å²) in [5, 5.41) is 2.92. The van der Waals surface area contributed by atoms with E-state index in [1.807, 2.05) is 14.0 Å². The zero-order valence-corrected chi connectivity index (χ0v) is 7.71. The van der Waals surface area contributed by atoms with Crippen LogP contribution in [0.1, 0.15) is 13.3 Å². The number of carbonyl (C=O) groups is 1. The number of hydrogen-bond acceptors (Lipinski definition) is 3. The second kappa shape index (κ2) is 3.87. The maximum Gasteiger partial charge on any atom is 0.221 e. The van der Waals surface area contributed by atoms with E-state index in [-0.39, 0.29) is 11.9 Å².